The lowest BCUT2D eigenvalue weighted by atomic mass is 10.3. The monoisotopic (exact) mass is 248 g/mol. The number of nitrogens with one attached hydrogen (secondary N) is 1. The largest absolute Gasteiger partial charge is 0.320 e. The lowest BCUT2D eigenvalue weighted by Gasteiger charge is -1.91. The van der Waals surface area contributed by atoms with Crippen LogP contribution in [0, 0.1) is 0 Å². The summed E-state index contributed by atoms with van der Waals surface area (Å²) in [5.41, 5.74) is 1.01. The summed E-state index contributed by atoms with van der Waals surface area (Å²) in [6.07, 6.45) is 1.93. The molecule has 0 atom stereocenters. The summed E-state index contributed by atoms with van der Waals surface area (Å²) in [5, 5.41) is 4.63. The Morgan fingerprint density at radius 3 is 3.00 bits per heavy atom. The van der Waals surface area contributed by atoms with Crippen molar-refractivity contribution in [2.75, 3.05) is 5.75 Å². The van der Waals surface area contributed by atoms with E-state index in [2.05, 4.69) is 16.4 Å². The minimum absolute atomic E-state index is 0.0670. The van der Waals surface area contributed by atoms with E-state index >= 15 is 0 Å². The van der Waals surface area contributed by atoms with Crippen molar-refractivity contribution in [3.05, 3.63) is 34.3 Å². The molecule has 0 aliphatic carbocycles. The molecule has 0 radical (unpaired) electrons. The minimum atomic E-state index is 0.0670. The summed E-state index contributed by atoms with van der Waals surface area (Å²) in [5.74, 6) is 0.578. The molecule has 3 rings (SSSR count). The highest BCUT2D eigenvalue weighted by Gasteiger charge is 2.15. The van der Waals surface area contributed by atoms with Crippen LogP contribution in [0.25, 0.3) is 16.3 Å². The number of hydrogen-bond acceptors (Lipinski definition) is 4. The summed E-state index contributed by atoms with van der Waals surface area (Å²) >= 11 is 3.16. The van der Waals surface area contributed by atoms with Gasteiger partial charge in [-0.2, -0.15) is 0 Å². The van der Waals surface area contributed by atoms with Gasteiger partial charge in [-0.1, -0.05) is 23.9 Å². The topological polar surface area (TPSA) is 42.0 Å². The van der Waals surface area contributed by atoms with E-state index in [0.29, 0.717) is 5.75 Å². The first-order valence-electron chi connectivity index (χ1n) is 4.81. The Kier molecular flexibility index (Phi) is 2.41. The molecule has 2 aromatic rings. The van der Waals surface area contributed by atoms with Crippen LogP contribution in [0.4, 0.5) is 0 Å². The van der Waals surface area contributed by atoms with E-state index in [-0.39, 0.29) is 5.91 Å². The number of para-hydroxylation sites is 1. The number of rotatable bonds is 1. The minimum Gasteiger partial charge on any atom is -0.320 e. The fraction of sp³-hybridized carbons (Fsp3) is 0.0909. The van der Waals surface area contributed by atoms with Gasteiger partial charge in [0.05, 0.1) is 21.0 Å². The van der Waals surface area contributed by atoms with Gasteiger partial charge < -0.3 is 5.32 Å². The molecule has 1 aromatic heterocycles. The van der Waals surface area contributed by atoms with Crippen molar-refractivity contribution in [3.8, 4) is 0 Å². The molecule has 3 nitrogen and oxygen atoms in total. The lowest BCUT2D eigenvalue weighted by molar-refractivity contribution is -0.117. The number of thioether (sulfide) groups is 1. The first-order chi connectivity index (χ1) is 7.81. The van der Waals surface area contributed by atoms with Gasteiger partial charge in [0.1, 0.15) is 5.01 Å². The fourth-order valence-corrected chi connectivity index (χ4v) is 3.22. The van der Waals surface area contributed by atoms with Crippen LogP contribution < -0.4 is 5.32 Å². The van der Waals surface area contributed by atoms with Crippen molar-refractivity contribution in [2.24, 2.45) is 0 Å². The number of amides is 1. The van der Waals surface area contributed by atoms with Crippen LogP contribution in [0.1, 0.15) is 5.01 Å². The molecule has 1 saturated heterocycles. The molecule has 5 heteroatoms. The van der Waals surface area contributed by atoms with Gasteiger partial charge >= 0.3 is 0 Å². The summed E-state index contributed by atoms with van der Waals surface area (Å²) in [4.78, 5) is 15.5. The number of benzene rings is 1. The Hall–Kier alpha value is -1.33. The van der Waals surface area contributed by atoms with Gasteiger partial charge in [-0.3, -0.25) is 4.79 Å². The zero-order valence-corrected chi connectivity index (χ0v) is 9.90. The van der Waals surface area contributed by atoms with Crippen LogP contribution in [-0.2, 0) is 4.79 Å². The van der Waals surface area contributed by atoms with Crippen LogP contribution in [-0.4, -0.2) is 16.6 Å². The number of carbonyl (C=O) groups excluding carboxylic acids is 1. The lowest BCUT2D eigenvalue weighted by Crippen LogP contribution is -2.13. The predicted octanol–water partition coefficient (Wildman–Crippen LogP) is 2.46. The first kappa shape index (κ1) is 9.86. The number of nitrogens with zero attached hydrogens (tertiary/aromatic N) is 1. The zero-order valence-electron chi connectivity index (χ0n) is 8.27. The molecule has 16 heavy (non-hydrogen) atoms. The Morgan fingerprint density at radius 2 is 2.25 bits per heavy atom. The van der Waals surface area contributed by atoms with Crippen molar-refractivity contribution >= 4 is 45.3 Å². The van der Waals surface area contributed by atoms with Crippen LogP contribution in [0.2, 0.25) is 0 Å². The average molecular weight is 248 g/mol. The van der Waals surface area contributed by atoms with Crippen LogP contribution >= 0.6 is 23.1 Å². The highest BCUT2D eigenvalue weighted by Crippen LogP contribution is 2.26. The second-order valence-corrected chi connectivity index (χ2v) is 5.44. The molecular formula is C11H8N2OS2. The van der Waals surface area contributed by atoms with Gasteiger partial charge in [-0.25, -0.2) is 4.98 Å². The fourth-order valence-electron chi connectivity index (χ4n) is 1.49. The third kappa shape index (κ3) is 1.83. The van der Waals surface area contributed by atoms with Crippen molar-refractivity contribution in [2.45, 2.75) is 0 Å². The molecule has 1 aliphatic rings. The standard InChI is InChI=1S/C11H8N2OS2/c14-9-6-15-10(13-9)5-11-12-7-3-1-2-4-8(7)16-11/h1-5H,6H2,(H,13,14)/b10-5-. The maximum absolute atomic E-state index is 11.0. The number of thiazole rings is 1. The Morgan fingerprint density at radius 1 is 1.38 bits per heavy atom. The van der Waals surface area contributed by atoms with Gasteiger partial charge in [0, 0.05) is 6.08 Å². The van der Waals surface area contributed by atoms with Crippen molar-refractivity contribution in [3.63, 3.8) is 0 Å². The normalized spacial score (nSPS) is 18.2. The molecule has 1 aromatic carbocycles. The summed E-state index contributed by atoms with van der Waals surface area (Å²) in [7, 11) is 0. The van der Waals surface area contributed by atoms with Gasteiger partial charge in [-0.05, 0) is 12.1 Å². The third-order valence-corrected chi connectivity index (χ3v) is 4.11. The predicted molar refractivity (Wildman–Crippen MR) is 68.2 cm³/mol. The smallest absolute Gasteiger partial charge is 0.235 e. The Bertz CT molecular complexity index is 555. The van der Waals surface area contributed by atoms with Crippen LogP contribution in [0.5, 0.6) is 0 Å². The van der Waals surface area contributed by atoms with E-state index in [1.165, 1.54) is 16.5 Å². The highest BCUT2D eigenvalue weighted by atomic mass is 32.2. The molecule has 0 unspecified atom stereocenters. The molecule has 2 heterocycles. The molecular weight excluding hydrogens is 240 g/mol. The second kappa shape index (κ2) is 3.92. The molecule has 1 fully saturated rings. The van der Waals surface area contributed by atoms with Crippen LogP contribution in [0.15, 0.2) is 29.3 Å². The first-order valence-corrected chi connectivity index (χ1v) is 6.61. The zero-order chi connectivity index (χ0) is 11.0. The number of hydrogen-bond donors (Lipinski definition) is 1. The average Bonchev–Trinajstić information content (AvgIpc) is 2.84. The summed E-state index contributed by atoms with van der Waals surface area (Å²) in [6, 6.07) is 8.03. The summed E-state index contributed by atoms with van der Waals surface area (Å²) < 4.78 is 1.17. The molecule has 0 bridgehead atoms. The van der Waals surface area contributed by atoms with Crippen LogP contribution in [0.3, 0.4) is 0 Å². The molecule has 0 saturated carbocycles. The van der Waals surface area contributed by atoms with Gasteiger partial charge in [0.15, 0.2) is 0 Å². The third-order valence-electron chi connectivity index (χ3n) is 2.19. The van der Waals surface area contributed by atoms with E-state index in [1.807, 2.05) is 24.3 Å². The molecule has 1 amide bonds. The SMILES string of the molecule is O=C1CS/C(=C\c2nc3ccccc3s2)N1. The Labute approximate surface area is 101 Å². The van der Waals surface area contributed by atoms with E-state index < -0.39 is 0 Å². The van der Waals surface area contributed by atoms with Crippen molar-refractivity contribution in [1.82, 2.24) is 10.3 Å². The Balaban J connectivity index is 1.97. The maximum atomic E-state index is 11.0. The molecule has 1 aliphatic heterocycles. The molecule has 0 spiro atoms. The highest BCUT2D eigenvalue weighted by molar-refractivity contribution is 8.04. The van der Waals surface area contributed by atoms with Crippen molar-refractivity contribution in [1.29, 1.82) is 0 Å². The number of aromatic nitrogens is 1. The number of fused-ring (bicyclic) bond motifs is 1. The number of carbonyl (C=O) groups is 1. The van der Waals surface area contributed by atoms with Gasteiger partial charge in [-0.15, -0.1) is 11.3 Å². The quantitative estimate of drug-likeness (QED) is 0.843. The molecule has 1 N–H and O–H groups in total. The summed E-state index contributed by atoms with van der Waals surface area (Å²) in [6.45, 7) is 0. The van der Waals surface area contributed by atoms with Gasteiger partial charge in [0.25, 0.3) is 0 Å². The van der Waals surface area contributed by atoms with E-state index in [4.69, 9.17) is 0 Å². The van der Waals surface area contributed by atoms with E-state index in [9.17, 15) is 4.79 Å². The second-order valence-electron chi connectivity index (χ2n) is 3.37. The van der Waals surface area contributed by atoms with Crippen molar-refractivity contribution < 1.29 is 4.79 Å². The maximum Gasteiger partial charge on any atom is 0.235 e. The van der Waals surface area contributed by atoms with E-state index in [1.54, 1.807) is 11.3 Å². The van der Waals surface area contributed by atoms with Gasteiger partial charge in [0.2, 0.25) is 5.91 Å². The van der Waals surface area contributed by atoms with E-state index in [0.717, 1.165) is 15.6 Å². The molecule has 80 valence electrons.